The molecule has 2 rings (SSSR count). The van der Waals surface area contributed by atoms with Gasteiger partial charge >= 0.3 is 0 Å². The number of nitrogens with two attached hydrogens (primary N) is 1. The van der Waals surface area contributed by atoms with Gasteiger partial charge in [0, 0.05) is 15.7 Å². The Hall–Kier alpha value is -1.71. The number of hydrogen-bond donors (Lipinski definition) is 2. The van der Waals surface area contributed by atoms with Crippen molar-refractivity contribution in [1.29, 1.82) is 0 Å². The van der Waals surface area contributed by atoms with Gasteiger partial charge in [0.15, 0.2) is 0 Å². The van der Waals surface area contributed by atoms with Gasteiger partial charge in [0.25, 0.3) is 5.91 Å². The van der Waals surface area contributed by atoms with E-state index in [0.717, 1.165) is 5.56 Å². The van der Waals surface area contributed by atoms with Crippen LogP contribution in [0.1, 0.15) is 28.9 Å². The number of rotatable bonds is 3. The largest absolute Gasteiger partial charge is 0.398 e. The Morgan fingerprint density at radius 3 is 2.55 bits per heavy atom. The van der Waals surface area contributed by atoms with Crippen LogP contribution in [0.3, 0.4) is 0 Å². The van der Waals surface area contributed by atoms with Crippen LogP contribution in [0.5, 0.6) is 0 Å². The van der Waals surface area contributed by atoms with E-state index in [1.165, 1.54) is 0 Å². The third-order valence-corrected chi connectivity index (χ3v) is 3.43. The molecule has 2 aromatic rings. The second-order valence-electron chi connectivity index (χ2n) is 4.48. The molecule has 0 fully saturated rings. The summed E-state index contributed by atoms with van der Waals surface area (Å²) < 4.78 is 0. The molecule has 20 heavy (non-hydrogen) atoms. The predicted octanol–water partition coefficient (Wildman–Crippen LogP) is 4.07. The highest BCUT2D eigenvalue weighted by molar-refractivity contribution is 6.31. The summed E-state index contributed by atoms with van der Waals surface area (Å²) in [7, 11) is 0. The number of amides is 1. The summed E-state index contributed by atoms with van der Waals surface area (Å²) in [5.41, 5.74) is 7.47. The van der Waals surface area contributed by atoms with Crippen LogP contribution in [0.25, 0.3) is 0 Å². The van der Waals surface area contributed by atoms with Crippen molar-refractivity contribution in [1.82, 2.24) is 5.32 Å². The van der Waals surface area contributed by atoms with Crippen molar-refractivity contribution in [3.63, 3.8) is 0 Å². The van der Waals surface area contributed by atoms with Gasteiger partial charge in [0.1, 0.15) is 0 Å². The number of anilines is 1. The first-order valence-electron chi connectivity index (χ1n) is 6.08. The summed E-state index contributed by atoms with van der Waals surface area (Å²) in [4.78, 5) is 12.2. The molecule has 0 aliphatic carbocycles. The summed E-state index contributed by atoms with van der Waals surface area (Å²) in [6.07, 6.45) is 0. The molecule has 0 spiro atoms. The normalized spacial score (nSPS) is 11.9. The molecule has 0 aromatic heterocycles. The lowest BCUT2D eigenvalue weighted by molar-refractivity contribution is 0.0941. The van der Waals surface area contributed by atoms with Crippen molar-refractivity contribution < 1.29 is 4.79 Å². The van der Waals surface area contributed by atoms with Crippen LogP contribution in [0.4, 0.5) is 5.69 Å². The first kappa shape index (κ1) is 14.7. The minimum atomic E-state index is -0.266. The van der Waals surface area contributed by atoms with Gasteiger partial charge in [-0.2, -0.15) is 0 Å². The predicted molar refractivity (Wildman–Crippen MR) is 83.2 cm³/mol. The third-order valence-electron chi connectivity index (χ3n) is 2.96. The highest BCUT2D eigenvalue weighted by Gasteiger charge is 2.14. The van der Waals surface area contributed by atoms with E-state index in [-0.39, 0.29) is 11.9 Å². The minimum absolute atomic E-state index is 0.181. The molecular formula is C15H14Cl2N2O. The number of nitrogen functional groups attached to an aromatic ring is 1. The molecule has 0 aliphatic heterocycles. The summed E-state index contributed by atoms with van der Waals surface area (Å²) in [5, 5.41) is 3.97. The Kier molecular flexibility index (Phi) is 4.53. The molecule has 0 radical (unpaired) electrons. The van der Waals surface area contributed by atoms with E-state index in [2.05, 4.69) is 5.32 Å². The van der Waals surface area contributed by atoms with Gasteiger partial charge in [-0.15, -0.1) is 0 Å². The highest BCUT2D eigenvalue weighted by Crippen LogP contribution is 2.21. The molecular weight excluding hydrogens is 295 g/mol. The number of carbonyl (C=O) groups excluding carboxylic acids is 1. The van der Waals surface area contributed by atoms with Gasteiger partial charge in [0.2, 0.25) is 0 Å². The second kappa shape index (κ2) is 6.16. The summed E-state index contributed by atoms with van der Waals surface area (Å²) >= 11 is 11.8. The van der Waals surface area contributed by atoms with Crippen LogP contribution in [-0.2, 0) is 0 Å². The average Bonchev–Trinajstić information content (AvgIpc) is 2.41. The fraction of sp³-hybridized carbons (Fsp3) is 0.133. The molecule has 0 bridgehead atoms. The van der Waals surface area contributed by atoms with Crippen molar-refractivity contribution in [2.45, 2.75) is 13.0 Å². The zero-order chi connectivity index (χ0) is 14.7. The van der Waals surface area contributed by atoms with Crippen molar-refractivity contribution in [2.24, 2.45) is 0 Å². The molecule has 1 amide bonds. The van der Waals surface area contributed by atoms with Crippen molar-refractivity contribution in [3.8, 4) is 0 Å². The van der Waals surface area contributed by atoms with Gasteiger partial charge in [0.05, 0.1) is 11.6 Å². The lowest BCUT2D eigenvalue weighted by atomic mass is 10.1. The Morgan fingerprint density at radius 2 is 1.85 bits per heavy atom. The fourth-order valence-electron chi connectivity index (χ4n) is 1.86. The van der Waals surface area contributed by atoms with Gasteiger partial charge < -0.3 is 11.1 Å². The van der Waals surface area contributed by atoms with Crippen LogP contribution in [0, 0.1) is 0 Å². The topological polar surface area (TPSA) is 55.1 Å². The van der Waals surface area contributed by atoms with E-state index < -0.39 is 0 Å². The summed E-state index contributed by atoms with van der Waals surface area (Å²) in [6.45, 7) is 1.88. The molecule has 0 aliphatic rings. The summed E-state index contributed by atoms with van der Waals surface area (Å²) in [6, 6.07) is 12.0. The van der Waals surface area contributed by atoms with E-state index in [1.807, 2.05) is 25.1 Å². The van der Waals surface area contributed by atoms with Crippen molar-refractivity contribution >= 4 is 34.8 Å². The van der Waals surface area contributed by atoms with Gasteiger partial charge in [-0.1, -0.05) is 35.3 Å². The number of benzene rings is 2. The maximum Gasteiger partial charge on any atom is 0.253 e. The number of halogens is 2. The summed E-state index contributed by atoms with van der Waals surface area (Å²) in [5.74, 6) is -0.266. The van der Waals surface area contributed by atoms with Gasteiger partial charge in [-0.3, -0.25) is 4.79 Å². The number of hydrogen-bond acceptors (Lipinski definition) is 2. The standard InChI is InChI=1S/C15H14Cl2N2O/c1-9(10-3-2-4-11(16)7-10)19-15(20)13-8-12(17)5-6-14(13)18/h2-9H,18H2,1H3,(H,19,20). The second-order valence-corrected chi connectivity index (χ2v) is 5.35. The minimum Gasteiger partial charge on any atom is -0.398 e. The third kappa shape index (κ3) is 3.44. The van der Waals surface area contributed by atoms with Crippen LogP contribution >= 0.6 is 23.2 Å². The first-order chi connectivity index (χ1) is 9.47. The Balaban J connectivity index is 2.17. The molecule has 5 heteroatoms. The van der Waals surface area contributed by atoms with E-state index in [1.54, 1.807) is 24.3 Å². The van der Waals surface area contributed by atoms with Crippen LogP contribution in [0.15, 0.2) is 42.5 Å². The van der Waals surface area contributed by atoms with Crippen LogP contribution < -0.4 is 11.1 Å². The number of carbonyl (C=O) groups is 1. The Morgan fingerprint density at radius 1 is 1.15 bits per heavy atom. The SMILES string of the molecule is CC(NC(=O)c1cc(Cl)ccc1N)c1cccc(Cl)c1. The average molecular weight is 309 g/mol. The van der Waals surface area contributed by atoms with E-state index in [4.69, 9.17) is 28.9 Å². The lowest BCUT2D eigenvalue weighted by Crippen LogP contribution is -2.27. The Labute approximate surface area is 127 Å². The maximum absolute atomic E-state index is 12.2. The van der Waals surface area contributed by atoms with E-state index in [9.17, 15) is 4.79 Å². The van der Waals surface area contributed by atoms with Gasteiger partial charge in [-0.25, -0.2) is 0 Å². The number of nitrogens with one attached hydrogen (secondary N) is 1. The molecule has 3 nitrogen and oxygen atoms in total. The smallest absolute Gasteiger partial charge is 0.253 e. The lowest BCUT2D eigenvalue weighted by Gasteiger charge is -2.15. The molecule has 0 saturated carbocycles. The van der Waals surface area contributed by atoms with Crippen molar-refractivity contribution in [3.05, 3.63) is 63.6 Å². The van der Waals surface area contributed by atoms with E-state index >= 15 is 0 Å². The Bertz CT molecular complexity index is 644. The molecule has 0 heterocycles. The quantitative estimate of drug-likeness (QED) is 0.840. The zero-order valence-corrected chi connectivity index (χ0v) is 12.4. The van der Waals surface area contributed by atoms with Crippen LogP contribution in [-0.4, -0.2) is 5.91 Å². The molecule has 0 saturated heterocycles. The monoisotopic (exact) mass is 308 g/mol. The molecule has 1 unspecified atom stereocenters. The van der Waals surface area contributed by atoms with Crippen molar-refractivity contribution in [2.75, 3.05) is 5.73 Å². The van der Waals surface area contributed by atoms with E-state index in [0.29, 0.717) is 21.3 Å². The first-order valence-corrected chi connectivity index (χ1v) is 6.84. The zero-order valence-electron chi connectivity index (χ0n) is 10.9. The van der Waals surface area contributed by atoms with Gasteiger partial charge in [-0.05, 0) is 42.8 Å². The molecule has 104 valence electrons. The fourth-order valence-corrected chi connectivity index (χ4v) is 2.23. The highest BCUT2D eigenvalue weighted by atomic mass is 35.5. The van der Waals surface area contributed by atoms with Crippen LogP contribution in [0.2, 0.25) is 10.0 Å². The molecule has 3 N–H and O–H groups in total. The maximum atomic E-state index is 12.2. The molecule has 2 aromatic carbocycles. The molecule has 1 atom stereocenters.